The third kappa shape index (κ3) is 4.40. The number of nitrogen functional groups attached to an aromatic ring is 1. The second-order valence-electron chi connectivity index (χ2n) is 8.35. The fourth-order valence-corrected chi connectivity index (χ4v) is 4.47. The van der Waals surface area contributed by atoms with Gasteiger partial charge in [-0.1, -0.05) is 6.07 Å². The number of nitrogens with two attached hydrogens (primary N) is 1. The van der Waals surface area contributed by atoms with Gasteiger partial charge in [-0.3, -0.25) is 4.79 Å². The number of hydrogen-bond acceptors (Lipinski definition) is 7. The van der Waals surface area contributed by atoms with E-state index in [0.29, 0.717) is 47.2 Å². The number of alkyl halides is 3. The van der Waals surface area contributed by atoms with Crippen LogP contribution >= 0.6 is 0 Å². The maximum atomic E-state index is 13.3. The lowest BCUT2D eigenvalue weighted by Gasteiger charge is -2.16. The number of carbonyl (C=O) groups is 1. The van der Waals surface area contributed by atoms with Gasteiger partial charge in [0.25, 0.3) is 0 Å². The molecule has 3 N–H and O–H groups in total. The van der Waals surface area contributed by atoms with Crippen LogP contribution in [0, 0.1) is 0 Å². The summed E-state index contributed by atoms with van der Waals surface area (Å²) >= 11 is 0. The van der Waals surface area contributed by atoms with Crippen LogP contribution in [-0.2, 0) is 35.3 Å². The Labute approximate surface area is 209 Å². The number of rotatable bonds is 6. The Morgan fingerprint density at radius 3 is 2.62 bits per heavy atom. The minimum atomic E-state index is -4.61. The Morgan fingerprint density at radius 2 is 1.89 bits per heavy atom. The zero-order valence-corrected chi connectivity index (χ0v) is 19.8. The first-order valence-corrected chi connectivity index (χ1v) is 11.1. The topological polar surface area (TPSA) is 114 Å². The summed E-state index contributed by atoms with van der Waals surface area (Å²) in [5.41, 5.74) is 9.63. The molecule has 1 aliphatic heterocycles. The van der Waals surface area contributed by atoms with E-state index in [1.165, 1.54) is 25.6 Å². The normalized spacial score (nSPS) is 13.0. The molecule has 5 rings (SSSR count). The number of fused-ring (bicyclic) bond motifs is 3. The summed E-state index contributed by atoms with van der Waals surface area (Å²) in [5.74, 6) is -0.160. The van der Waals surface area contributed by atoms with Gasteiger partial charge in [-0.05, 0) is 29.8 Å². The number of methoxy groups -OCH3 is 2. The third-order valence-electron chi connectivity index (χ3n) is 6.11. The van der Waals surface area contributed by atoms with Gasteiger partial charge < -0.3 is 29.8 Å². The Bertz CT molecular complexity index is 1520. The maximum Gasteiger partial charge on any atom is 0.419 e. The van der Waals surface area contributed by atoms with Crippen molar-refractivity contribution in [3.05, 3.63) is 65.1 Å². The fraction of sp³-hybridized carbons (Fsp3) is 0.240. The lowest BCUT2D eigenvalue weighted by molar-refractivity contribution is -0.138. The molecule has 0 radical (unpaired) electrons. The molecule has 1 aliphatic rings. The van der Waals surface area contributed by atoms with Crippen LogP contribution in [0.3, 0.4) is 0 Å². The van der Waals surface area contributed by atoms with E-state index in [-0.39, 0.29) is 17.7 Å². The molecular weight excluding hydrogens is 491 g/mol. The molecule has 12 heteroatoms. The number of benzene rings is 2. The lowest BCUT2D eigenvalue weighted by Crippen LogP contribution is -2.16. The van der Waals surface area contributed by atoms with E-state index in [4.69, 9.17) is 19.9 Å². The zero-order chi connectivity index (χ0) is 26.3. The second kappa shape index (κ2) is 9.28. The number of nitrogens with zero attached hydrogens (tertiary/aromatic N) is 3. The number of halogens is 3. The minimum Gasteiger partial charge on any atom is -0.496 e. The van der Waals surface area contributed by atoms with Gasteiger partial charge in [0.1, 0.15) is 28.9 Å². The Kier molecular flexibility index (Phi) is 6.12. The van der Waals surface area contributed by atoms with Crippen molar-refractivity contribution in [1.29, 1.82) is 0 Å². The lowest BCUT2D eigenvalue weighted by atomic mass is 10.1. The molecule has 2 aromatic heterocycles. The second-order valence-corrected chi connectivity index (χ2v) is 8.35. The van der Waals surface area contributed by atoms with Gasteiger partial charge in [-0.15, -0.1) is 0 Å². The highest BCUT2D eigenvalue weighted by Gasteiger charge is 2.34. The summed E-state index contributed by atoms with van der Waals surface area (Å²) in [6.45, 7) is 0.773. The van der Waals surface area contributed by atoms with Crippen molar-refractivity contribution >= 4 is 28.4 Å². The predicted octanol–water partition coefficient (Wildman–Crippen LogP) is 4.25. The van der Waals surface area contributed by atoms with E-state index in [2.05, 4.69) is 15.3 Å². The SMILES string of the molecule is COc1cc(-n2c3c(c4ncnc(N)c42)COC3)ccc1NC(=O)Cc1ccc(OC)c(C(F)(F)F)c1. The first-order valence-electron chi connectivity index (χ1n) is 11.1. The third-order valence-corrected chi connectivity index (χ3v) is 6.11. The van der Waals surface area contributed by atoms with Crippen LogP contribution in [0.25, 0.3) is 16.7 Å². The fourth-order valence-electron chi connectivity index (χ4n) is 4.47. The van der Waals surface area contributed by atoms with Crippen molar-refractivity contribution < 1.29 is 32.2 Å². The Balaban J connectivity index is 1.43. The number of anilines is 2. The van der Waals surface area contributed by atoms with Crippen molar-refractivity contribution in [3.63, 3.8) is 0 Å². The molecule has 0 atom stereocenters. The number of ether oxygens (including phenoxy) is 3. The van der Waals surface area contributed by atoms with Crippen molar-refractivity contribution in [2.24, 2.45) is 0 Å². The molecule has 0 saturated heterocycles. The quantitative estimate of drug-likeness (QED) is 0.396. The van der Waals surface area contributed by atoms with Crippen LogP contribution in [-0.4, -0.2) is 34.7 Å². The van der Waals surface area contributed by atoms with Crippen molar-refractivity contribution in [2.75, 3.05) is 25.3 Å². The van der Waals surface area contributed by atoms with Gasteiger partial charge >= 0.3 is 6.18 Å². The highest BCUT2D eigenvalue weighted by molar-refractivity contribution is 5.94. The summed E-state index contributed by atoms with van der Waals surface area (Å²) in [5, 5.41) is 2.71. The Hall–Kier alpha value is -4.32. The van der Waals surface area contributed by atoms with Crippen LogP contribution in [0.1, 0.15) is 22.4 Å². The smallest absolute Gasteiger partial charge is 0.419 e. The van der Waals surface area contributed by atoms with Gasteiger partial charge in [0.2, 0.25) is 5.91 Å². The molecule has 1 amide bonds. The van der Waals surface area contributed by atoms with Gasteiger partial charge in [0, 0.05) is 17.3 Å². The summed E-state index contributed by atoms with van der Waals surface area (Å²) in [7, 11) is 2.61. The number of hydrogen-bond donors (Lipinski definition) is 2. The van der Waals surface area contributed by atoms with Crippen LogP contribution in [0.15, 0.2) is 42.7 Å². The number of aromatic nitrogens is 3. The van der Waals surface area contributed by atoms with Crippen LogP contribution in [0.5, 0.6) is 11.5 Å². The molecular formula is C25H22F3N5O4. The van der Waals surface area contributed by atoms with Crippen molar-refractivity contribution in [2.45, 2.75) is 25.8 Å². The standard InChI is InChI=1S/C25H22F3N5O4/c1-35-19-6-3-13(7-16(19)25(26,27)28)8-21(34)32-17-5-4-14(9-20(17)36-2)33-18-11-37-10-15(18)22-23(33)24(29)31-12-30-22/h3-7,9,12H,8,10-11H2,1-2H3,(H,32,34)(H2,29,30,31). The minimum absolute atomic E-state index is 0.186. The molecule has 0 fully saturated rings. The summed E-state index contributed by atoms with van der Waals surface area (Å²) in [6, 6.07) is 8.65. The van der Waals surface area contributed by atoms with Crippen molar-refractivity contribution in [1.82, 2.24) is 14.5 Å². The van der Waals surface area contributed by atoms with Crippen LogP contribution in [0.2, 0.25) is 0 Å². The molecule has 3 heterocycles. The Morgan fingerprint density at radius 1 is 1.11 bits per heavy atom. The van der Waals surface area contributed by atoms with Gasteiger partial charge in [-0.25, -0.2) is 9.97 Å². The van der Waals surface area contributed by atoms with Gasteiger partial charge in [0.15, 0.2) is 5.82 Å². The zero-order valence-electron chi connectivity index (χ0n) is 19.8. The molecule has 0 spiro atoms. The molecule has 2 aromatic carbocycles. The predicted molar refractivity (Wildman–Crippen MR) is 129 cm³/mol. The highest BCUT2D eigenvalue weighted by atomic mass is 19.4. The maximum absolute atomic E-state index is 13.3. The molecule has 0 unspecified atom stereocenters. The van der Waals surface area contributed by atoms with E-state index in [9.17, 15) is 18.0 Å². The summed E-state index contributed by atoms with van der Waals surface area (Å²) in [4.78, 5) is 21.2. The largest absolute Gasteiger partial charge is 0.496 e. The van der Waals surface area contributed by atoms with E-state index >= 15 is 0 Å². The highest BCUT2D eigenvalue weighted by Crippen LogP contribution is 2.38. The van der Waals surface area contributed by atoms with Crippen LogP contribution in [0.4, 0.5) is 24.7 Å². The van der Waals surface area contributed by atoms with Gasteiger partial charge in [0.05, 0.1) is 50.8 Å². The van der Waals surface area contributed by atoms with Gasteiger partial charge in [-0.2, -0.15) is 13.2 Å². The molecule has 192 valence electrons. The van der Waals surface area contributed by atoms with E-state index in [1.807, 2.05) is 4.57 Å². The van der Waals surface area contributed by atoms with E-state index in [1.54, 1.807) is 18.2 Å². The van der Waals surface area contributed by atoms with E-state index < -0.39 is 17.6 Å². The molecule has 0 bridgehead atoms. The average Bonchev–Trinajstić information content (AvgIpc) is 3.46. The summed E-state index contributed by atoms with van der Waals surface area (Å²) in [6.07, 6.45) is -3.49. The summed E-state index contributed by atoms with van der Waals surface area (Å²) < 4.78 is 57.8. The number of carbonyl (C=O) groups excluding carboxylic acids is 1. The molecule has 9 nitrogen and oxygen atoms in total. The molecule has 37 heavy (non-hydrogen) atoms. The first kappa shape index (κ1) is 24.4. The molecule has 4 aromatic rings. The monoisotopic (exact) mass is 513 g/mol. The van der Waals surface area contributed by atoms with E-state index in [0.717, 1.165) is 24.4 Å². The number of amides is 1. The van der Waals surface area contributed by atoms with Crippen molar-refractivity contribution in [3.8, 4) is 17.2 Å². The van der Waals surface area contributed by atoms with Crippen LogP contribution < -0.4 is 20.5 Å². The first-order chi connectivity index (χ1) is 17.7. The average molecular weight is 513 g/mol. The molecule has 0 saturated carbocycles. The molecule has 0 aliphatic carbocycles. The number of nitrogens with one attached hydrogen (secondary N) is 1.